The van der Waals surface area contributed by atoms with E-state index in [4.69, 9.17) is 0 Å². The largest absolute Gasteiger partial charge is 0.350 e. The van der Waals surface area contributed by atoms with E-state index < -0.39 is 4.92 Å². The number of pyridine rings is 1. The molecule has 1 aliphatic heterocycles. The van der Waals surface area contributed by atoms with Crippen LogP contribution in [0.3, 0.4) is 0 Å². The smallest absolute Gasteiger partial charge is 0.288 e. The van der Waals surface area contributed by atoms with Crippen molar-refractivity contribution in [2.24, 2.45) is 5.92 Å². The van der Waals surface area contributed by atoms with Gasteiger partial charge >= 0.3 is 0 Å². The van der Waals surface area contributed by atoms with Gasteiger partial charge in [-0.2, -0.15) is 0 Å². The first-order valence-electron chi connectivity index (χ1n) is 7.16. The second-order valence-electron chi connectivity index (χ2n) is 5.86. The predicted molar refractivity (Wildman–Crippen MR) is 80.9 cm³/mol. The minimum atomic E-state index is -0.404. The average molecular weight is 340 g/mol. The molecule has 6 heteroatoms. The molecule has 1 saturated carbocycles. The molecule has 1 aromatic heterocycles. The molecule has 3 unspecified atom stereocenters. The molecule has 3 atom stereocenters. The van der Waals surface area contributed by atoms with Crippen molar-refractivity contribution >= 4 is 27.4 Å². The Kier molecular flexibility index (Phi) is 3.67. The van der Waals surface area contributed by atoms with E-state index in [0.29, 0.717) is 12.1 Å². The van der Waals surface area contributed by atoms with Crippen molar-refractivity contribution in [3.63, 3.8) is 0 Å². The van der Waals surface area contributed by atoms with Crippen LogP contribution in [0.4, 0.5) is 11.5 Å². The minimum absolute atomic E-state index is 0.0349. The normalized spacial score (nSPS) is 29.3. The van der Waals surface area contributed by atoms with Gasteiger partial charge in [0.2, 0.25) is 0 Å². The first kappa shape index (κ1) is 13.8. The first-order chi connectivity index (χ1) is 9.58. The van der Waals surface area contributed by atoms with Crippen LogP contribution in [-0.2, 0) is 0 Å². The highest BCUT2D eigenvalue weighted by molar-refractivity contribution is 9.10. The summed E-state index contributed by atoms with van der Waals surface area (Å²) in [6.45, 7) is 2.23. The summed E-state index contributed by atoms with van der Waals surface area (Å²) in [6.07, 6.45) is 7.68. The van der Waals surface area contributed by atoms with Gasteiger partial charge in [0, 0.05) is 18.2 Å². The van der Waals surface area contributed by atoms with Crippen LogP contribution in [0.15, 0.2) is 16.7 Å². The average Bonchev–Trinajstić information content (AvgIpc) is 2.74. The fourth-order valence-corrected chi connectivity index (χ4v) is 4.33. The number of nitrogens with zero attached hydrogens (tertiary/aromatic N) is 3. The summed E-state index contributed by atoms with van der Waals surface area (Å²) in [7, 11) is 0. The zero-order valence-electron chi connectivity index (χ0n) is 11.5. The molecule has 2 fully saturated rings. The molecule has 5 nitrogen and oxygen atoms in total. The maximum absolute atomic E-state index is 10.8. The number of anilines is 1. The van der Waals surface area contributed by atoms with E-state index in [1.807, 2.05) is 0 Å². The third-order valence-electron chi connectivity index (χ3n) is 4.61. The molecule has 108 valence electrons. The molecule has 1 aliphatic carbocycles. The molecular formula is C14H18BrN3O2. The zero-order valence-corrected chi connectivity index (χ0v) is 13.0. The molecule has 0 aromatic carbocycles. The monoisotopic (exact) mass is 339 g/mol. The van der Waals surface area contributed by atoms with Crippen LogP contribution in [-0.4, -0.2) is 22.0 Å². The predicted octanol–water partition coefficient (Wildman–Crippen LogP) is 3.91. The van der Waals surface area contributed by atoms with Gasteiger partial charge in [-0.3, -0.25) is 10.1 Å². The van der Waals surface area contributed by atoms with Gasteiger partial charge in [-0.1, -0.05) is 12.8 Å². The standard InChI is InChI=1S/C14H18BrN3O2/c1-9-6-10-4-2-3-5-13(10)17(9)14-12(15)7-11(8-16-14)18(19)20/h7-10,13H,2-6H2,1H3. The molecule has 0 spiro atoms. The Morgan fingerprint density at radius 3 is 2.90 bits per heavy atom. The van der Waals surface area contributed by atoms with E-state index in [0.717, 1.165) is 16.2 Å². The van der Waals surface area contributed by atoms with E-state index in [9.17, 15) is 10.1 Å². The van der Waals surface area contributed by atoms with Gasteiger partial charge in [-0.25, -0.2) is 4.98 Å². The third-order valence-corrected chi connectivity index (χ3v) is 5.19. The number of halogens is 1. The molecule has 0 amide bonds. The fourth-order valence-electron chi connectivity index (χ4n) is 3.78. The van der Waals surface area contributed by atoms with Crippen molar-refractivity contribution < 1.29 is 4.92 Å². The summed E-state index contributed by atoms with van der Waals surface area (Å²) >= 11 is 3.46. The molecule has 1 aromatic rings. The summed E-state index contributed by atoms with van der Waals surface area (Å²) < 4.78 is 0.727. The van der Waals surface area contributed by atoms with E-state index in [1.54, 1.807) is 6.07 Å². The number of nitro groups is 1. The lowest BCUT2D eigenvalue weighted by molar-refractivity contribution is -0.385. The SMILES string of the molecule is CC1CC2CCCCC2N1c1ncc([N+](=O)[O-])cc1Br. The lowest BCUT2D eigenvalue weighted by Crippen LogP contribution is -2.38. The number of hydrogen-bond acceptors (Lipinski definition) is 4. The quantitative estimate of drug-likeness (QED) is 0.605. The fraction of sp³-hybridized carbons (Fsp3) is 0.643. The van der Waals surface area contributed by atoms with Crippen LogP contribution in [0.1, 0.15) is 39.0 Å². The van der Waals surface area contributed by atoms with E-state index in [1.165, 1.54) is 38.3 Å². The summed E-state index contributed by atoms with van der Waals surface area (Å²) in [6, 6.07) is 2.56. The van der Waals surface area contributed by atoms with E-state index in [2.05, 4.69) is 32.7 Å². The number of rotatable bonds is 2. The van der Waals surface area contributed by atoms with E-state index in [-0.39, 0.29) is 5.69 Å². The molecule has 2 aliphatic rings. The summed E-state index contributed by atoms with van der Waals surface area (Å²) in [5.41, 5.74) is 0.0349. The maximum atomic E-state index is 10.8. The van der Waals surface area contributed by atoms with Crippen molar-refractivity contribution in [1.29, 1.82) is 0 Å². The Bertz CT molecular complexity index is 537. The van der Waals surface area contributed by atoms with Gasteiger partial charge in [0.25, 0.3) is 5.69 Å². The van der Waals surface area contributed by atoms with Crippen molar-refractivity contribution in [3.05, 3.63) is 26.9 Å². The van der Waals surface area contributed by atoms with Crippen LogP contribution in [0.25, 0.3) is 0 Å². The Balaban J connectivity index is 1.93. The zero-order chi connectivity index (χ0) is 14.3. The molecule has 0 bridgehead atoms. The lowest BCUT2D eigenvalue weighted by Gasteiger charge is -2.34. The molecule has 3 rings (SSSR count). The van der Waals surface area contributed by atoms with Crippen LogP contribution >= 0.6 is 15.9 Å². The topological polar surface area (TPSA) is 59.3 Å². The van der Waals surface area contributed by atoms with Gasteiger partial charge in [-0.15, -0.1) is 0 Å². The van der Waals surface area contributed by atoms with Gasteiger partial charge in [0.1, 0.15) is 12.0 Å². The van der Waals surface area contributed by atoms with Crippen molar-refractivity contribution in [3.8, 4) is 0 Å². The summed E-state index contributed by atoms with van der Waals surface area (Å²) in [5, 5.41) is 10.8. The minimum Gasteiger partial charge on any atom is -0.350 e. The van der Waals surface area contributed by atoms with E-state index >= 15 is 0 Å². The highest BCUT2D eigenvalue weighted by Crippen LogP contribution is 2.43. The number of fused-ring (bicyclic) bond motifs is 1. The van der Waals surface area contributed by atoms with Gasteiger partial charge in [0.05, 0.1) is 9.40 Å². The molecule has 1 saturated heterocycles. The van der Waals surface area contributed by atoms with Gasteiger partial charge in [0.15, 0.2) is 0 Å². The second-order valence-corrected chi connectivity index (χ2v) is 6.71. The summed E-state index contributed by atoms with van der Waals surface area (Å²) in [5.74, 6) is 1.61. The second kappa shape index (κ2) is 5.31. The summed E-state index contributed by atoms with van der Waals surface area (Å²) in [4.78, 5) is 17.1. The Morgan fingerprint density at radius 1 is 1.45 bits per heavy atom. The van der Waals surface area contributed by atoms with Crippen LogP contribution < -0.4 is 4.90 Å². The Hall–Kier alpha value is -1.17. The molecule has 20 heavy (non-hydrogen) atoms. The van der Waals surface area contributed by atoms with Crippen LogP contribution in [0, 0.1) is 16.0 Å². The highest BCUT2D eigenvalue weighted by atomic mass is 79.9. The highest BCUT2D eigenvalue weighted by Gasteiger charge is 2.41. The molecular weight excluding hydrogens is 322 g/mol. The first-order valence-corrected chi connectivity index (χ1v) is 7.95. The van der Waals surface area contributed by atoms with Crippen molar-refractivity contribution in [2.75, 3.05) is 4.90 Å². The van der Waals surface area contributed by atoms with Crippen molar-refractivity contribution in [1.82, 2.24) is 4.98 Å². The molecule has 0 N–H and O–H groups in total. The molecule has 2 heterocycles. The van der Waals surface area contributed by atoms with Gasteiger partial charge < -0.3 is 4.90 Å². The number of aromatic nitrogens is 1. The van der Waals surface area contributed by atoms with Gasteiger partial charge in [-0.05, 0) is 48.0 Å². The third kappa shape index (κ3) is 2.30. The lowest BCUT2D eigenvalue weighted by atomic mass is 9.85. The maximum Gasteiger partial charge on any atom is 0.288 e. The van der Waals surface area contributed by atoms with Crippen LogP contribution in [0.2, 0.25) is 0 Å². The molecule has 0 radical (unpaired) electrons. The Morgan fingerprint density at radius 2 is 2.20 bits per heavy atom. The van der Waals surface area contributed by atoms with Crippen molar-refractivity contribution in [2.45, 2.75) is 51.1 Å². The van der Waals surface area contributed by atoms with Crippen LogP contribution in [0.5, 0.6) is 0 Å². The number of hydrogen-bond donors (Lipinski definition) is 0. The Labute approximate surface area is 126 Å².